The normalized spacial score (nSPS) is 27.5. The molecule has 42 heavy (non-hydrogen) atoms. The molecule has 2 fully saturated rings. The van der Waals surface area contributed by atoms with E-state index in [1.165, 1.54) is 10.4 Å². The molecule has 0 unspecified atom stereocenters. The summed E-state index contributed by atoms with van der Waals surface area (Å²) >= 11 is 0. The number of rotatable bonds is 9. The van der Waals surface area contributed by atoms with Crippen molar-refractivity contribution in [3.63, 3.8) is 0 Å². The van der Waals surface area contributed by atoms with Crippen molar-refractivity contribution in [2.75, 3.05) is 6.61 Å². The fourth-order valence-electron chi connectivity index (χ4n) is 8.75. The van der Waals surface area contributed by atoms with Crippen molar-refractivity contribution in [1.29, 1.82) is 0 Å². The van der Waals surface area contributed by atoms with Gasteiger partial charge in [-0.2, -0.15) is 0 Å². The molecular formula is C36H47NO4Si. The molecule has 3 aliphatic heterocycles. The Hall–Kier alpha value is -2.70. The first-order chi connectivity index (χ1) is 20.2. The molecule has 0 aromatic heterocycles. The predicted octanol–water partition coefficient (Wildman–Crippen LogP) is 6.30. The molecule has 1 spiro atoms. The standard InChI is InChI=1S/C36H47NO4Si/c1-5-6-9-21-30-32-31(34(39)41-30)33(38)29-20-14-15-23-36(29)24-22-26(37(32)36)25-40-42(35(2,3)4,27-16-10-7-11-17-27)28-18-12-8-13-19-28/h7-8,10-13,16-19,26,29-30H,5-6,9,14-15,20-25H2,1-4H3/t26-,29+,30+,36-/m1/s1. The SMILES string of the molecule is CCCCC[C@@H]1OC(=O)C2=C1N1[C@@H](CO[Si](c3ccccc3)(c3ccccc3)C(C)(C)C)CC[C@@]13CCCC[C@H]3C2=O. The van der Waals surface area contributed by atoms with Crippen LogP contribution in [-0.2, 0) is 18.8 Å². The number of carbonyl (C=O) groups is 2. The van der Waals surface area contributed by atoms with Gasteiger partial charge in [0.25, 0.3) is 8.32 Å². The second kappa shape index (κ2) is 11.4. The van der Waals surface area contributed by atoms with Crippen LogP contribution in [0.5, 0.6) is 0 Å². The second-order valence-electron chi connectivity index (χ2n) is 14.0. The zero-order valence-electron chi connectivity index (χ0n) is 25.9. The third-order valence-electron chi connectivity index (χ3n) is 10.6. The van der Waals surface area contributed by atoms with Gasteiger partial charge in [-0.3, -0.25) is 4.79 Å². The van der Waals surface area contributed by atoms with Crippen LogP contribution in [0.15, 0.2) is 71.9 Å². The van der Waals surface area contributed by atoms with Crippen molar-refractivity contribution < 1.29 is 18.8 Å². The highest BCUT2D eigenvalue weighted by atomic mass is 28.4. The molecule has 1 saturated carbocycles. The lowest BCUT2D eigenvalue weighted by Crippen LogP contribution is -2.67. The van der Waals surface area contributed by atoms with Crippen molar-refractivity contribution in [3.05, 3.63) is 71.9 Å². The number of carbonyl (C=O) groups excluding carboxylic acids is 2. The summed E-state index contributed by atoms with van der Waals surface area (Å²) in [4.78, 5) is 29.8. The van der Waals surface area contributed by atoms with Gasteiger partial charge in [0.1, 0.15) is 11.7 Å². The Labute approximate surface area is 252 Å². The van der Waals surface area contributed by atoms with E-state index in [0.29, 0.717) is 12.2 Å². The van der Waals surface area contributed by atoms with Crippen molar-refractivity contribution in [2.45, 2.75) is 115 Å². The smallest absolute Gasteiger partial charge is 0.344 e. The van der Waals surface area contributed by atoms with E-state index in [1.807, 2.05) is 0 Å². The molecule has 4 atom stereocenters. The van der Waals surface area contributed by atoms with E-state index in [0.717, 1.165) is 69.9 Å². The van der Waals surface area contributed by atoms with E-state index in [4.69, 9.17) is 9.16 Å². The fourth-order valence-corrected chi connectivity index (χ4v) is 13.4. The summed E-state index contributed by atoms with van der Waals surface area (Å²) in [5.41, 5.74) is 1.04. The summed E-state index contributed by atoms with van der Waals surface area (Å²) in [7, 11) is -2.73. The molecule has 1 saturated heterocycles. The number of nitrogens with zero attached hydrogens (tertiary/aromatic N) is 1. The lowest BCUT2D eigenvalue weighted by molar-refractivity contribution is -0.141. The second-order valence-corrected chi connectivity index (χ2v) is 18.3. The molecule has 0 N–H and O–H groups in total. The number of Topliss-reactive ketones (excluding diaryl/α,β-unsaturated/α-hetero) is 1. The molecular weight excluding hydrogens is 538 g/mol. The topological polar surface area (TPSA) is 55.8 Å². The van der Waals surface area contributed by atoms with Gasteiger partial charge in [-0.05, 0) is 53.9 Å². The van der Waals surface area contributed by atoms with Gasteiger partial charge in [-0.25, -0.2) is 4.79 Å². The molecule has 0 amide bonds. The van der Waals surface area contributed by atoms with E-state index in [2.05, 4.69) is 93.3 Å². The number of benzene rings is 2. The maximum absolute atomic E-state index is 14.0. The van der Waals surface area contributed by atoms with E-state index in [-0.39, 0.29) is 34.4 Å². The number of fused-ring (bicyclic) bond motifs is 1. The minimum absolute atomic E-state index is 0.0532. The molecule has 6 rings (SSSR count). The third kappa shape index (κ3) is 4.61. The van der Waals surface area contributed by atoms with Crippen LogP contribution in [0.4, 0.5) is 0 Å². The average Bonchev–Trinajstić information content (AvgIpc) is 3.51. The van der Waals surface area contributed by atoms with Crippen LogP contribution in [-0.4, -0.2) is 49.3 Å². The van der Waals surface area contributed by atoms with Gasteiger partial charge in [0.05, 0.1) is 23.9 Å². The first-order valence-corrected chi connectivity index (χ1v) is 18.2. The van der Waals surface area contributed by atoms with Crippen LogP contribution < -0.4 is 10.4 Å². The fraction of sp³-hybridized carbons (Fsp3) is 0.556. The highest BCUT2D eigenvalue weighted by molar-refractivity contribution is 6.99. The molecule has 1 aliphatic carbocycles. The largest absolute Gasteiger partial charge is 0.452 e. The van der Waals surface area contributed by atoms with Crippen molar-refractivity contribution in [3.8, 4) is 0 Å². The molecule has 2 aromatic rings. The van der Waals surface area contributed by atoms with Crippen molar-refractivity contribution in [2.24, 2.45) is 5.92 Å². The average molecular weight is 586 g/mol. The van der Waals surface area contributed by atoms with E-state index < -0.39 is 14.3 Å². The third-order valence-corrected chi connectivity index (χ3v) is 15.6. The van der Waals surface area contributed by atoms with Gasteiger partial charge >= 0.3 is 5.97 Å². The van der Waals surface area contributed by atoms with Gasteiger partial charge in [-0.1, -0.05) is 114 Å². The van der Waals surface area contributed by atoms with E-state index in [1.54, 1.807) is 0 Å². The summed E-state index contributed by atoms with van der Waals surface area (Å²) in [6.07, 6.45) is 9.64. The lowest BCUT2D eigenvalue weighted by Gasteiger charge is -2.53. The zero-order chi connectivity index (χ0) is 29.5. The van der Waals surface area contributed by atoms with Crippen LogP contribution in [0.2, 0.25) is 5.04 Å². The van der Waals surface area contributed by atoms with Crippen LogP contribution >= 0.6 is 0 Å². The Morgan fingerprint density at radius 3 is 2.21 bits per heavy atom. The number of unbranched alkanes of at least 4 members (excludes halogenated alkanes) is 2. The Balaban J connectivity index is 1.42. The van der Waals surface area contributed by atoms with Crippen molar-refractivity contribution >= 4 is 30.4 Å². The van der Waals surface area contributed by atoms with Crippen LogP contribution in [0.3, 0.4) is 0 Å². The maximum Gasteiger partial charge on any atom is 0.344 e. The predicted molar refractivity (Wildman–Crippen MR) is 169 cm³/mol. The van der Waals surface area contributed by atoms with Gasteiger partial charge < -0.3 is 14.1 Å². The summed E-state index contributed by atoms with van der Waals surface area (Å²) in [6, 6.07) is 21.7. The molecule has 4 aliphatic rings. The first-order valence-electron chi connectivity index (χ1n) is 16.3. The lowest BCUT2D eigenvalue weighted by atomic mass is 9.65. The molecule has 2 aromatic carbocycles. The Morgan fingerprint density at radius 2 is 1.60 bits per heavy atom. The number of cyclic esters (lactones) is 1. The maximum atomic E-state index is 14.0. The van der Waals surface area contributed by atoms with Crippen molar-refractivity contribution in [1.82, 2.24) is 4.90 Å². The molecule has 0 radical (unpaired) electrons. The number of ether oxygens (including phenoxy) is 1. The monoisotopic (exact) mass is 585 g/mol. The van der Waals surface area contributed by atoms with E-state index in [9.17, 15) is 9.59 Å². The van der Waals surface area contributed by atoms with Gasteiger partial charge in [0.15, 0.2) is 5.78 Å². The molecule has 6 heteroatoms. The summed E-state index contributed by atoms with van der Waals surface area (Å²) in [5, 5.41) is 2.44. The Kier molecular flexibility index (Phi) is 7.99. The van der Waals surface area contributed by atoms with Crippen LogP contribution in [0.1, 0.15) is 91.9 Å². The number of hydrogen-bond donors (Lipinski definition) is 0. The van der Waals surface area contributed by atoms with E-state index >= 15 is 0 Å². The molecule has 5 nitrogen and oxygen atoms in total. The minimum atomic E-state index is -2.73. The summed E-state index contributed by atoms with van der Waals surface area (Å²) in [5.74, 6) is -0.462. The number of hydrogen-bond acceptors (Lipinski definition) is 5. The van der Waals surface area contributed by atoms with Gasteiger partial charge in [-0.15, -0.1) is 0 Å². The van der Waals surface area contributed by atoms with Gasteiger partial charge in [0.2, 0.25) is 0 Å². The highest BCUT2D eigenvalue weighted by Gasteiger charge is 2.63. The quantitative estimate of drug-likeness (QED) is 0.150. The molecule has 0 bridgehead atoms. The Bertz CT molecular complexity index is 1290. The number of esters is 1. The molecule has 3 heterocycles. The summed E-state index contributed by atoms with van der Waals surface area (Å²) < 4.78 is 13.5. The van der Waals surface area contributed by atoms with Gasteiger partial charge in [0, 0.05) is 5.92 Å². The molecule has 224 valence electrons. The Morgan fingerprint density at radius 1 is 0.929 bits per heavy atom. The number of ketones is 1. The first kappa shape index (κ1) is 29.4. The van der Waals surface area contributed by atoms with Crippen LogP contribution in [0, 0.1) is 5.92 Å². The van der Waals surface area contributed by atoms with Crippen LogP contribution in [0.25, 0.3) is 0 Å². The summed E-state index contributed by atoms with van der Waals surface area (Å²) in [6.45, 7) is 9.72. The zero-order valence-corrected chi connectivity index (χ0v) is 26.9. The highest BCUT2D eigenvalue weighted by Crippen LogP contribution is 2.56. The minimum Gasteiger partial charge on any atom is -0.452 e.